The molecule has 0 saturated heterocycles. The molecular formula is C55H106N2O6P+. The predicted molar refractivity (Wildman–Crippen MR) is 277 cm³/mol. The molecule has 0 aromatic rings. The van der Waals surface area contributed by atoms with Gasteiger partial charge in [0, 0.05) is 6.42 Å². The first-order valence-electron chi connectivity index (χ1n) is 27.0. The minimum absolute atomic E-state index is 0.0729. The van der Waals surface area contributed by atoms with Crippen LogP contribution in [0, 0.1) is 0 Å². The summed E-state index contributed by atoms with van der Waals surface area (Å²) in [5.41, 5.74) is 0. The van der Waals surface area contributed by atoms with Gasteiger partial charge in [-0.25, -0.2) is 4.57 Å². The number of hydrogen-bond donors (Lipinski definition) is 3. The number of amides is 1. The van der Waals surface area contributed by atoms with Gasteiger partial charge >= 0.3 is 7.82 Å². The maximum Gasteiger partial charge on any atom is 0.472 e. The summed E-state index contributed by atoms with van der Waals surface area (Å²) >= 11 is 0. The van der Waals surface area contributed by atoms with E-state index in [-0.39, 0.29) is 19.1 Å². The monoisotopic (exact) mass is 922 g/mol. The lowest BCUT2D eigenvalue weighted by atomic mass is 10.0. The van der Waals surface area contributed by atoms with Crippen LogP contribution in [0.15, 0.2) is 48.6 Å². The summed E-state index contributed by atoms with van der Waals surface area (Å²) in [6.45, 7) is 4.79. The standard InChI is InChI=1S/C55H105N2O6P/c1-6-8-10-12-14-16-18-20-22-24-26-27-28-29-31-33-35-37-39-41-43-45-47-49-55(59)56-53(52-63-64(60,61)62-51-50-57(3,4)5)54(58)48-46-44-42-40-38-36-34-32-30-25-23-21-19-17-15-13-11-9-7-2/h8,10,14,16,20,22,26-27,53-54,58H,6-7,9,11-13,15,17-19,21,23-25,28-52H2,1-5H3,(H-,56,59,60,61)/p+1/b10-8-,16-14-,22-20-,27-26-. The lowest BCUT2D eigenvalue weighted by Crippen LogP contribution is -2.46. The average Bonchev–Trinajstić information content (AvgIpc) is 3.25. The van der Waals surface area contributed by atoms with Gasteiger partial charge in [-0.1, -0.05) is 236 Å². The molecule has 3 N–H and O–H groups in total. The van der Waals surface area contributed by atoms with Crippen molar-refractivity contribution in [3.05, 3.63) is 48.6 Å². The highest BCUT2D eigenvalue weighted by Gasteiger charge is 2.28. The third-order valence-corrected chi connectivity index (χ3v) is 13.1. The summed E-state index contributed by atoms with van der Waals surface area (Å²) < 4.78 is 23.8. The van der Waals surface area contributed by atoms with Crippen LogP contribution in [0.4, 0.5) is 0 Å². The van der Waals surface area contributed by atoms with Gasteiger partial charge in [-0.2, -0.15) is 0 Å². The number of phosphoric acid groups is 1. The molecule has 0 aliphatic heterocycles. The van der Waals surface area contributed by atoms with Gasteiger partial charge in [0.2, 0.25) is 5.91 Å². The van der Waals surface area contributed by atoms with Gasteiger partial charge in [-0.3, -0.25) is 13.8 Å². The van der Waals surface area contributed by atoms with Crippen LogP contribution < -0.4 is 5.32 Å². The van der Waals surface area contributed by atoms with Crippen molar-refractivity contribution in [2.75, 3.05) is 40.9 Å². The number of likely N-dealkylation sites (N-methyl/N-ethyl adjacent to an activating group) is 1. The number of unbranched alkanes of at least 4 members (excludes halogenated alkanes) is 28. The second kappa shape index (κ2) is 46.6. The minimum Gasteiger partial charge on any atom is -0.391 e. The average molecular weight is 922 g/mol. The number of phosphoric ester groups is 1. The van der Waals surface area contributed by atoms with E-state index in [4.69, 9.17) is 9.05 Å². The number of carbonyl (C=O) groups is 1. The smallest absolute Gasteiger partial charge is 0.391 e. The number of hydrogen-bond acceptors (Lipinski definition) is 5. The Labute approximate surface area is 397 Å². The van der Waals surface area contributed by atoms with Crippen molar-refractivity contribution in [1.29, 1.82) is 0 Å². The zero-order valence-electron chi connectivity index (χ0n) is 42.8. The number of carbonyl (C=O) groups excluding carboxylic acids is 1. The molecule has 0 spiro atoms. The van der Waals surface area contributed by atoms with Crippen molar-refractivity contribution in [2.45, 2.75) is 257 Å². The molecule has 376 valence electrons. The molecule has 0 heterocycles. The summed E-state index contributed by atoms with van der Waals surface area (Å²) in [5.74, 6) is -0.148. The van der Waals surface area contributed by atoms with Crippen LogP contribution in [0.3, 0.4) is 0 Å². The Balaban J connectivity index is 4.23. The normalized spacial score (nSPS) is 14.4. The van der Waals surface area contributed by atoms with E-state index in [9.17, 15) is 19.4 Å². The molecule has 0 aliphatic carbocycles. The summed E-state index contributed by atoms with van der Waals surface area (Å²) in [7, 11) is 1.61. The fourth-order valence-electron chi connectivity index (χ4n) is 7.86. The number of nitrogens with one attached hydrogen (secondary N) is 1. The lowest BCUT2D eigenvalue weighted by Gasteiger charge is -2.26. The molecule has 0 bridgehead atoms. The first-order valence-corrected chi connectivity index (χ1v) is 28.5. The Morgan fingerprint density at radius 3 is 1.38 bits per heavy atom. The molecule has 0 rings (SSSR count). The van der Waals surface area contributed by atoms with Gasteiger partial charge < -0.3 is 19.8 Å². The third kappa shape index (κ3) is 48.4. The van der Waals surface area contributed by atoms with Crippen LogP contribution in [-0.4, -0.2) is 73.4 Å². The molecule has 0 fully saturated rings. The second-order valence-corrected chi connectivity index (χ2v) is 21.0. The zero-order valence-corrected chi connectivity index (χ0v) is 43.7. The third-order valence-electron chi connectivity index (χ3n) is 12.1. The number of aliphatic hydroxyl groups is 1. The Hall–Kier alpha value is -1.54. The lowest BCUT2D eigenvalue weighted by molar-refractivity contribution is -0.870. The molecule has 3 atom stereocenters. The van der Waals surface area contributed by atoms with Crippen LogP contribution in [0.5, 0.6) is 0 Å². The highest BCUT2D eigenvalue weighted by molar-refractivity contribution is 7.47. The summed E-state index contributed by atoms with van der Waals surface area (Å²) in [4.78, 5) is 23.3. The Kier molecular flexibility index (Phi) is 45.4. The van der Waals surface area contributed by atoms with Crippen molar-refractivity contribution >= 4 is 13.7 Å². The first-order chi connectivity index (χ1) is 31.0. The maximum absolute atomic E-state index is 13.0. The second-order valence-electron chi connectivity index (χ2n) is 19.6. The quantitative estimate of drug-likeness (QED) is 0.0243. The Bertz CT molecular complexity index is 1180. The molecule has 1 amide bonds. The highest BCUT2D eigenvalue weighted by atomic mass is 31.2. The van der Waals surface area contributed by atoms with Gasteiger partial charge in [0.15, 0.2) is 0 Å². The van der Waals surface area contributed by atoms with Crippen molar-refractivity contribution in [3.8, 4) is 0 Å². The number of allylic oxidation sites excluding steroid dienone is 8. The molecule has 0 aliphatic rings. The molecule has 0 saturated carbocycles. The highest BCUT2D eigenvalue weighted by Crippen LogP contribution is 2.43. The number of nitrogens with zero attached hydrogens (tertiary/aromatic N) is 1. The molecule has 9 heteroatoms. The fourth-order valence-corrected chi connectivity index (χ4v) is 8.60. The van der Waals surface area contributed by atoms with Gasteiger partial charge in [0.1, 0.15) is 13.2 Å². The van der Waals surface area contributed by atoms with Gasteiger partial charge in [0.25, 0.3) is 0 Å². The van der Waals surface area contributed by atoms with E-state index in [1.54, 1.807) is 0 Å². The number of rotatable bonds is 49. The number of aliphatic hydroxyl groups excluding tert-OH is 1. The molecule has 0 radical (unpaired) electrons. The Morgan fingerprint density at radius 1 is 0.547 bits per heavy atom. The summed E-state index contributed by atoms with van der Waals surface area (Å²) in [6.07, 6.45) is 60.0. The van der Waals surface area contributed by atoms with Crippen molar-refractivity contribution in [1.82, 2.24) is 5.32 Å². The predicted octanol–water partition coefficient (Wildman–Crippen LogP) is 16.0. The Morgan fingerprint density at radius 2 is 0.938 bits per heavy atom. The van der Waals surface area contributed by atoms with E-state index in [1.165, 1.54) is 154 Å². The molecule has 3 unspecified atom stereocenters. The van der Waals surface area contributed by atoms with Crippen molar-refractivity contribution < 1.29 is 32.9 Å². The topological polar surface area (TPSA) is 105 Å². The molecule has 0 aromatic heterocycles. The SMILES string of the molecule is CC/C=C\C/C=C\C/C=C\C/C=C\CCCCCCCCCCCCC(=O)NC(COP(=O)(O)OCC[N+](C)(C)C)C(O)CCCCCCCCCCCCCCCCCCCCC. The van der Waals surface area contributed by atoms with E-state index in [0.717, 1.165) is 64.2 Å². The van der Waals surface area contributed by atoms with E-state index >= 15 is 0 Å². The number of quaternary nitrogens is 1. The van der Waals surface area contributed by atoms with Crippen LogP contribution >= 0.6 is 7.82 Å². The van der Waals surface area contributed by atoms with E-state index in [1.807, 2.05) is 21.1 Å². The van der Waals surface area contributed by atoms with Crippen LogP contribution in [0.1, 0.15) is 245 Å². The van der Waals surface area contributed by atoms with Crippen molar-refractivity contribution in [2.24, 2.45) is 0 Å². The first kappa shape index (κ1) is 62.5. The van der Waals surface area contributed by atoms with Crippen molar-refractivity contribution in [3.63, 3.8) is 0 Å². The zero-order chi connectivity index (χ0) is 47.1. The van der Waals surface area contributed by atoms with E-state index < -0.39 is 20.0 Å². The molecule has 0 aromatic carbocycles. The fraction of sp³-hybridized carbons (Fsp3) is 0.836. The van der Waals surface area contributed by atoms with E-state index in [2.05, 4.69) is 67.8 Å². The van der Waals surface area contributed by atoms with Gasteiger partial charge in [-0.05, 0) is 51.4 Å². The minimum atomic E-state index is -4.32. The molecule has 64 heavy (non-hydrogen) atoms. The van der Waals surface area contributed by atoms with Gasteiger partial charge in [0.05, 0.1) is 39.9 Å². The largest absolute Gasteiger partial charge is 0.472 e. The van der Waals surface area contributed by atoms with E-state index in [0.29, 0.717) is 23.9 Å². The van der Waals surface area contributed by atoms with Crippen LogP contribution in [0.25, 0.3) is 0 Å². The van der Waals surface area contributed by atoms with Crippen LogP contribution in [-0.2, 0) is 18.4 Å². The summed E-state index contributed by atoms with van der Waals surface area (Å²) in [5, 5.41) is 14.1. The summed E-state index contributed by atoms with van der Waals surface area (Å²) in [6, 6.07) is -0.764. The molecule has 8 nitrogen and oxygen atoms in total. The maximum atomic E-state index is 13.0. The van der Waals surface area contributed by atoms with Crippen LogP contribution in [0.2, 0.25) is 0 Å². The molecular weight excluding hydrogens is 816 g/mol. The van der Waals surface area contributed by atoms with Gasteiger partial charge in [-0.15, -0.1) is 0 Å².